The monoisotopic (exact) mass is 657 g/mol. The third-order valence-corrected chi connectivity index (χ3v) is 7.99. The summed E-state index contributed by atoms with van der Waals surface area (Å²) in [6, 6.07) is 27.5. The Morgan fingerprint density at radius 2 is 1.23 bits per heavy atom. The molecular formula is C38H43NO9. The van der Waals surface area contributed by atoms with Crippen LogP contribution in [0.5, 0.6) is 0 Å². The standard InChI is InChI=1S/C38H43NO9/c1-4-15-28(23-26-17-9-6-10-18-26)35(41)46-32-31(25-40)45-37(44-3)34(48-38(43)39-30-21-13-8-14-22-30)33(32)47-36(42)29(16-5-2)24-27-19-11-7-12-20-27/h4-14,17-22,28-29,31-34,37,40H,1-2,15-16,23-25H2,3H3,(H,39,43)/t28-,29-,31+,32-,33-,34+,37-/m0/s1. The van der Waals surface area contributed by atoms with Crippen molar-refractivity contribution < 1.29 is 43.2 Å². The van der Waals surface area contributed by atoms with Gasteiger partial charge in [0.15, 0.2) is 24.6 Å². The smallest absolute Gasteiger partial charge is 0.412 e. The average Bonchev–Trinajstić information content (AvgIpc) is 3.10. The van der Waals surface area contributed by atoms with Crippen molar-refractivity contribution in [3.8, 4) is 0 Å². The maximum Gasteiger partial charge on any atom is 0.412 e. The molecule has 0 spiro atoms. The van der Waals surface area contributed by atoms with E-state index in [0.717, 1.165) is 11.1 Å². The van der Waals surface area contributed by atoms with Crippen molar-refractivity contribution in [2.45, 2.75) is 56.4 Å². The van der Waals surface area contributed by atoms with E-state index in [1.54, 1.807) is 42.5 Å². The van der Waals surface area contributed by atoms with Crippen molar-refractivity contribution in [2.75, 3.05) is 19.0 Å². The van der Waals surface area contributed by atoms with Crippen LogP contribution < -0.4 is 5.32 Å². The normalized spacial score (nSPS) is 21.6. The Bertz CT molecular complexity index is 1470. The number of carbonyl (C=O) groups is 3. The molecule has 3 aromatic rings. The average molecular weight is 658 g/mol. The SMILES string of the molecule is C=CC[C@@H](Cc1ccccc1)C(=O)O[C@H]1[C@@H](OC(=O)[C@@H](CC=C)Cc2ccccc2)[C@@H](CO)O[C@H](OC)[C@@H]1OC(=O)Nc1ccccc1. The lowest BCUT2D eigenvalue weighted by molar-refractivity contribution is -0.299. The highest BCUT2D eigenvalue weighted by Crippen LogP contribution is 2.32. The summed E-state index contributed by atoms with van der Waals surface area (Å²) >= 11 is 0. The summed E-state index contributed by atoms with van der Waals surface area (Å²) in [6.07, 6.45) is -2.99. The van der Waals surface area contributed by atoms with Crippen LogP contribution in [0.4, 0.5) is 10.5 Å². The number of amides is 1. The van der Waals surface area contributed by atoms with Gasteiger partial charge in [-0.15, -0.1) is 13.2 Å². The first-order valence-corrected chi connectivity index (χ1v) is 15.9. The molecule has 1 saturated heterocycles. The number of allylic oxidation sites excluding steroid dienone is 2. The van der Waals surface area contributed by atoms with Crippen molar-refractivity contribution >= 4 is 23.7 Å². The minimum absolute atomic E-state index is 0.289. The van der Waals surface area contributed by atoms with E-state index in [9.17, 15) is 19.5 Å². The number of anilines is 1. The first kappa shape index (κ1) is 36.1. The molecule has 1 aliphatic heterocycles. The van der Waals surface area contributed by atoms with Gasteiger partial charge in [0.05, 0.1) is 18.4 Å². The number of ether oxygens (including phenoxy) is 5. The quantitative estimate of drug-likeness (QED) is 0.114. The van der Waals surface area contributed by atoms with Crippen molar-refractivity contribution in [2.24, 2.45) is 11.8 Å². The second-order valence-electron chi connectivity index (χ2n) is 11.4. The predicted octanol–water partition coefficient (Wildman–Crippen LogP) is 5.66. The van der Waals surface area contributed by atoms with Crippen molar-refractivity contribution in [1.29, 1.82) is 0 Å². The zero-order valence-electron chi connectivity index (χ0n) is 27.0. The number of hydrogen-bond acceptors (Lipinski definition) is 9. The van der Waals surface area contributed by atoms with Crippen LogP contribution in [0.2, 0.25) is 0 Å². The van der Waals surface area contributed by atoms with Gasteiger partial charge in [0.1, 0.15) is 6.10 Å². The fourth-order valence-electron chi connectivity index (χ4n) is 5.60. The van der Waals surface area contributed by atoms with Crippen molar-refractivity contribution in [3.05, 3.63) is 127 Å². The summed E-state index contributed by atoms with van der Waals surface area (Å²) in [5, 5.41) is 13.0. The van der Waals surface area contributed by atoms with Crippen LogP contribution in [0, 0.1) is 11.8 Å². The largest absolute Gasteiger partial charge is 0.455 e. The Kier molecular flexibility index (Phi) is 13.9. The van der Waals surface area contributed by atoms with Gasteiger partial charge < -0.3 is 28.8 Å². The van der Waals surface area contributed by atoms with Crippen molar-refractivity contribution in [1.82, 2.24) is 0 Å². The minimum atomic E-state index is -1.41. The molecule has 0 bridgehead atoms. The molecule has 1 heterocycles. The molecule has 254 valence electrons. The number of rotatable bonds is 16. The fraction of sp³-hybridized carbons (Fsp3) is 0.342. The zero-order valence-corrected chi connectivity index (χ0v) is 27.0. The molecule has 7 atom stereocenters. The topological polar surface area (TPSA) is 130 Å². The first-order chi connectivity index (χ1) is 23.4. The number of nitrogens with one attached hydrogen (secondary N) is 1. The van der Waals surface area contributed by atoms with Crippen molar-refractivity contribution in [3.63, 3.8) is 0 Å². The van der Waals surface area contributed by atoms with Crippen LogP contribution in [-0.4, -0.2) is 67.6 Å². The van der Waals surface area contributed by atoms with Gasteiger partial charge in [0.2, 0.25) is 0 Å². The summed E-state index contributed by atoms with van der Waals surface area (Å²) in [5.74, 6) is -2.57. The van der Waals surface area contributed by atoms with Gasteiger partial charge in [0, 0.05) is 12.8 Å². The molecule has 0 saturated carbocycles. The lowest BCUT2D eigenvalue weighted by atomic mass is 9.94. The Morgan fingerprint density at radius 3 is 1.69 bits per heavy atom. The first-order valence-electron chi connectivity index (χ1n) is 15.9. The molecule has 1 amide bonds. The Morgan fingerprint density at radius 1 is 0.750 bits per heavy atom. The third kappa shape index (κ3) is 10.1. The van der Waals surface area contributed by atoms with Crippen LogP contribution in [0.1, 0.15) is 24.0 Å². The van der Waals surface area contributed by atoms with Crippen LogP contribution in [0.25, 0.3) is 0 Å². The zero-order chi connectivity index (χ0) is 34.3. The minimum Gasteiger partial charge on any atom is -0.455 e. The molecular weight excluding hydrogens is 614 g/mol. The molecule has 10 heteroatoms. The maximum atomic E-state index is 13.9. The van der Waals surface area contributed by atoms with E-state index in [1.165, 1.54) is 7.11 Å². The Balaban J connectivity index is 1.66. The highest BCUT2D eigenvalue weighted by Gasteiger charge is 2.53. The highest BCUT2D eigenvalue weighted by atomic mass is 16.7. The molecule has 3 aromatic carbocycles. The molecule has 1 aliphatic rings. The predicted molar refractivity (Wildman–Crippen MR) is 180 cm³/mol. The molecule has 0 aromatic heterocycles. The molecule has 0 aliphatic carbocycles. The van der Waals surface area contributed by atoms with E-state index in [-0.39, 0.29) is 6.42 Å². The molecule has 48 heavy (non-hydrogen) atoms. The van der Waals surface area contributed by atoms with E-state index in [4.69, 9.17) is 23.7 Å². The van der Waals surface area contributed by atoms with Crippen LogP contribution in [-0.2, 0) is 46.1 Å². The number of aliphatic hydroxyl groups excluding tert-OH is 1. The second kappa shape index (κ2) is 18.5. The van der Waals surface area contributed by atoms with E-state index in [0.29, 0.717) is 24.9 Å². The Hall–Kier alpha value is -4.77. The number of esters is 2. The molecule has 1 fully saturated rings. The van der Waals surface area contributed by atoms with E-state index >= 15 is 0 Å². The maximum absolute atomic E-state index is 13.9. The summed E-state index contributed by atoms with van der Waals surface area (Å²) in [7, 11) is 1.33. The Labute approximate surface area is 281 Å². The third-order valence-electron chi connectivity index (χ3n) is 7.99. The van der Waals surface area contributed by atoms with Crippen LogP contribution in [0.3, 0.4) is 0 Å². The summed E-state index contributed by atoms with van der Waals surface area (Å²) in [4.78, 5) is 40.8. The number of para-hydroxylation sites is 1. The molecule has 10 nitrogen and oxygen atoms in total. The van der Waals surface area contributed by atoms with Gasteiger partial charge in [-0.25, -0.2) is 4.79 Å². The molecule has 0 unspecified atom stereocenters. The summed E-state index contributed by atoms with van der Waals surface area (Å²) in [6.45, 7) is 6.99. The van der Waals surface area contributed by atoms with E-state index < -0.39 is 67.2 Å². The molecule has 4 rings (SSSR count). The van der Waals surface area contributed by atoms with E-state index in [2.05, 4.69) is 18.5 Å². The second-order valence-corrected chi connectivity index (χ2v) is 11.4. The molecule has 2 N–H and O–H groups in total. The van der Waals surface area contributed by atoms with Gasteiger partial charge in [0.25, 0.3) is 0 Å². The van der Waals surface area contributed by atoms with Gasteiger partial charge >= 0.3 is 18.0 Å². The highest BCUT2D eigenvalue weighted by molar-refractivity contribution is 5.84. The number of carbonyl (C=O) groups excluding carboxylic acids is 3. The van der Waals surface area contributed by atoms with Gasteiger partial charge in [-0.1, -0.05) is 91.0 Å². The van der Waals surface area contributed by atoms with Crippen LogP contribution in [0.15, 0.2) is 116 Å². The van der Waals surface area contributed by atoms with Gasteiger partial charge in [-0.2, -0.15) is 0 Å². The van der Waals surface area contributed by atoms with Crippen LogP contribution >= 0.6 is 0 Å². The lowest BCUT2D eigenvalue weighted by Gasteiger charge is -2.44. The number of aliphatic hydroxyl groups is 1. The summed E-state index contributed by atoms with van der Waals surface area (Å²) in [5.41, 5.74) is 2.27. The van der Waals surface area contributed by atoms with Gasteiger partial charge in [-0.05, 0) is 48.9 Å². The lowest BCUT2D eigenvalue weighted by Crippen LogP contribution is -2.63. The van der Waals surface area contributed by atoms with E-state index in [1.807, 2.05) is 60.7 Å². The molecule has 0 radical (unpaired) electrons. The number of methoxy groups -OCH3 is 1. The summed E-state index contributed by atoms with van der Waals surface area (Å²) < 4.78 is 29.4. The number of hydrogen-bond donors (Lipinski definition) is 2. The van der Waals surface area contributed by atoms with Gasteiger partial charge in [-0.3, -0.25) is 14.9 Å². The number of benzene rings is 3. The fourth-order valence-corrected chi connectivity index (χ4v) is 5.60.